The van der Waals surface area contributed by atoms with E-state index in [2.05, 4.69) is 16.0 Å². The van der Waals surface area contributed by atoms with Crippen molar-refractivity contribution in [2.24, 2.45) is 0 Å². The summed E-state index contributed by atoms with van der Waals surface area (Å²) in [5, 5.41) is 7.54. The summed E-state index contributed by atoms with van der Waals surface area (Å²) in [6, 6.07) is 24.3. The zero-order chi connectivity index (χ0) is 27.7. The van der Waals surface area contributed by atoms with Gasteiger partial charge in [-0.15, -0.1) is 0 Å². The van der Waals surface area contributed by atoms with Gasteiger partial charge in [-0.3, -0.25) is 0 Å². The van der Waals surface area contributed by atoms with Crippen LogP contribution in [0.2, 0.25) is 0 Å². The third-order valence-corrected chi connectivity index (χ3v) is 4.99. The summed E-state index contributed by atoms with van der Waals surface area (Å²) in [6.45, 7) is 0.0134. The van der Waals surface area contributed by atoms with E-state index in [4.69, 9.17) is 18.9 Å². The van der Waals surface area contributed by atoms with E-state index < -0.39 is 30.3 Å². The van der Waals surface area contributed by atoms with Crippen molar-refractivity contribution in [3.05, 3.63) is 91.0 Å². The Morgan fingerprint density at radius 1 is 0.590 bits per heavy atom. The second-order valence-electron chi connectivity index (χ2n) is 7.97. The standard InChI is InChI=1S/C28H29N3O8/c32-25(36-20-19-30-27(34)38-22-13-6-2-7-14-22)24(31-28(35)39-23-15-8-3-9-16-23)17-10-18-29-26(33)37-21-11-4-1-5-12-21/h1-9,11-16,24H,10,17-20H2,(H,29,33)(H,30,34)(H,31,35). The van der Waals surface area contributed by atoms with Crippen molar-refractivity contribution in [3.63, 3.8) is 0 Å². The second-order valence-corrected chi connectivity index (χ2v) is 7.97. The SMILES string of the molecule is O=C(NCCCC(NC(=O)Oc1ccccc1)C(=O)OCCNC(=O)Oc1ccccc1)Oc1ccccc1. The summed E-state index contributed by atoms with van der Waals surface area (Å²) in [4.78, 5) is 48.9. The number of carbonyl (C=O) groups excluding carboxylic acids is 4. The summed E-state index contributed by atoms with van der Waals surface area (Å²) in [6.07, 6.45) is -1.74. The molecule has 0 saturated carbocycles. The van der Waals surface area contributed by atoms with E-state index in [0.717, 1.165) is 0 Å². The number of ether oxygens (including phenoxy) is 4. The van der Waals surface area contributed by atoms with Crippen LogP contribution in [0.15, 0.2) is 91.0 Å². The number of benzene rings is 3. The topological polar surface area (TPSA) is 141 Å². The van der Waals surface area contributed by atoms with E-state index >= 15 is 0 Å². The minimum Gasteiger partial charge on any atom is -0.462 e. The zero-order valence-electron chi connectivity index (χ0n) is 21.0. The second kappa shape index (κ2) is 15.9. The Balaban J connectivity index is 1.44. The lowest BCUT2D eigenvalue weighted by Gasteiger charge is -2.18. The maximum absolute atomic E-state index is 12.7. The van der Waals surface area contributed by atoms with Crippen LogP contribution in [-0.2, 0) is 9.53 Å². The van der Waals surface area contributed by atoms with Gasteiger partial charge in [-0.2, -0.15) is 0 Å². The Morgan fingerprint density at radius 2 is 1.03 bits per heavy atom. The van der Waals surface area contributed by atoms with E-state index in [1.165, 1.54) is 0 Å². The largest absolute Gasteiger partial charge is 0.462 e. The molecule has 0 bridgehead atoms. The average molecular weight is 536 g/mol. The van der Waals surface area contributed by atoms with Crippen LogP contribution in [0.25, 0.3) is 0 Å². The van der Waals surface area contributed by atoms with Crippen LogP contribution in [-0.4, -0.2) is 50.0 Å². The van der Waals surface area contributed by atoms with E-state index in [1.54, 1.807) is 91.0 Å². The van der Waals surface area contributed by atoms with Crippen molar-refractivity contribution in [1.29, 1.82) is 0 Å². The third-order valence-electron chi connectivity index (χ3n) is 4.99. The number of hydrogen-bond donors (Lipinski definition) is 3. The first-order chi connectivity index (χ1) is 19.0. The summed E-state index contributed by atoms with van der Waals surface area (Å²) >= 11 is 0. The first-order valence-corrected chi connectivity index (χ1v) is 12.2. The minimum absolute atomic E-state index is 0.00846. The molecule has 1 atom stereocenters. The molecule has 0 aliphatic heterocycles. The van der Waals surface area contributed by atoms with Gasteiger partial charge in [-0.25, -0.2) is 19.2 Å². The molecule has 204 valence electrons. The van der Waals surface area contributed by atoms with Gasteiger partial charge in [0.15, 0.2) is 0 Å². The molecule has 1 unspecified atom stereocenters. The lowest BCUT2D eigenvalue weighted by molar-refractivity contribution is -0.146. The fourth-order valence-corrected chi connectivity index (χ4v) is 3.18. The number of para-hydroxylation sites is 3. The van der Waals surface area contributed by atoms with Crippen LogP contribution in [0.4, 0.5) is 14.4 Å². The molecule has 3 N–H and O–H groups in total. The number of hydrogen-bond acceptors (Lipinski definition) is 8. The highest BCUT2D eigenvalue weighted by molar-refractivity contribution is 5.82. The molecule has 3 aromatic carbocycles. The predicted molar refractivity (Wildman–Crippen MR) is 141 cm³/mol. The van der Waals surface area contributed by atoms with Crippen molar-refractivity contribution in [2.75, 3.05) is 19.7 Å². The number of amides is 3. The normalized spacial score (nSPS) is 10.9. The predicted octanol–water partition coefficient (Wildman–Crippen LogP) is 4.04. The molecule has 0 aliphatic rings. The molecule has 11 nitrogen and oxygen atoms in total. The van der Waals surface area contributed by atoms with Crippen LogP contribution >= 0.6 is 0 Å². The van der Waals surface area contributed by atoms with Gasteiger partial charge in [0.25, 0.3) is 0 Å². The highest BCUT2D eigenvalue weighted by atomic mass is 16.6. The van der Waals surface area contributed by atoms with Crippen LogP contribution in [0.1, 0.15) is 12.8 Å². The molecular formula is C28H29N3O8. The van der Waals surface area contributed by atoms with Crippen molar-refractivity contribution in [2.45, 2.75) is 18.9 Å². The van der Waals surface area contributed by atoms with Crippen LogP contribution < -0.4 is 30.2 Å². The molecule has 0 spiro atoms. The van der Waals surface area contributed by atoms with Crippen molar-refractivity contribution >= 4 is 24.2 Å². The van der Waals surface area contributed by atoms with Crippen LogP contribution in [0.5, 0.6) is 17.2 Å². The summed E-state index contributed by atoms with van der Waals surface area (Å²) in [5.74, 6) is 0.330. The van der Waals surface area contributed by atoms with Gasteiger partial charge < -0.3 is 34.9 Å². The molecule has 0 aliphatic carbocycles. The van der Waals surface area contributed by atoms with E-state index in [0.29, 0.717) is 23.7 Å². The van der Waals surface area contributed by atoms with Gasteiger partial charge in [0, 0.05) is 6.54 Å². The van der Waals surface area contributed by atoms with Gasteiger partial charge in [-0.05, 0) is 49.2 Å². The van der Waals surface area contributed by atoms with E-state index in [9.17, 15) is 19.2 Å². The summed E-state index contributed by atoms with van der Waals surface area (Å²) in [7, 11) is 0. The molecule has 39 heavy (non-hydrogen) atoms. The molecule has 3 aromatic rings. The highest BCUT2D eigenvalue weighted by Gasteiger charge is 2.23. The third kappa shape index (κ3) is 11.3. The molecule has 11 heteroatoms. The van der Waals surface area contributed by atoms with Crippen molar-refractivity contribution < 1.29 is 38.1 Å². The number of carbonyl (C=O) groups is 4. The van der Waals surface area contributed by atoms with Crippen molar-refractivity contribution in [1.82, 2.24) is 16.0 Å². The zero-order valence-corrected chi connectivity index (χ0v) is 21.0. The molecular weight excluding hydrogens is 506 g/mol. The first-order valence-electron chi connectivity index (χ1n) is 12.2. The average Bonchev–Trinajstić information content (AvgIpc) is 2.94. The lowest BCUT2D eigenvalue weighted by atomic mass is 10.1. The smallest absolute Gasteiger partial charge is 0.413 e. The summed E-state index contributed by atoms with van der Waals surface area (Å²) < 4.78 is 20.7. The Bertz CT molecular complexity index is 1190. The van der Waals surface area contributed by atoms with Crippen LogP contribution in [0, 0.1) is 0 Å². The maximum Gasteiger partial charge on any atom is 0.413 e. The maximum atomic E-state index is 12.7. The Hall–Kier alpha value is -5.06. The summed E-state index contributed by atoms with van der Waals surface area (Å²) in [5.41, 5.74) is 0. The molecule has 0 aromatic heterocycles. The van der Waals surface area contributed by atoms with Gasteiger partial charge in [0.05, 0.1) is 6.54 Å². The Morgan fingerprint density at radius 3 is 1.51 bits per heavy atom. The lowest BCUT2D eigenvalue weighted by Crippen LogP contribution is -2.44. The fourth-order valence-electron chi connectivity index (χ4n) is 3.18. The highest BCUT2D eigenvalue weighted by Crippen LogP contribution is 2.11. The van der Waals surface area contributed by atoms with Gasteiger partial charge in [-0.1, -0.05) is 54.6 Å². The van der Waals surface area contributed by atoms with E-state index in [1.807, 2.05) is 0 Å². The molecule has 3 rings (SSSR count). The molecule has 3 amide bonds. The Labute approximate surface area is 225 Å². The number of nitrogens with one attached hydrogen (secondary N) is 3. The minimum atomic E-state index is -1.07. The fraction of sp³-hybridized carbons (Fsp3) is 0.214. The van der Waals surface area contributed by atoms with Crippen molar-refractivity contribution in [3.8, 4) is 17.2 Å². The number of rotatable bonds is 12. The van der Waals surface area contributed by atoms with Crippen LogP contribution in [0.3, 0.4) is 0 Å². The quantitative estimate of drug-likeness (QED) is 0.233. The monoisotopic (exact) mass is 535 g/mol. The number of esters is 1. The van der Waals surface area contributed by atoms with Gasteiger partial charge >= 0.3 is 24.2 Å². The first kappa shape index (κ1) is 28.5. The Kier molecular flexibility index (Phi) is 11.6. The van der Waals surface area contributed by atoms with Gasteiger partial charge in [0.1, 0.15) is 29.9 Å². The molecule has 0 radical (unpaired) electrons. The molecule has 0 heterocycles. The van der Waals surface area contributed by atoms with E-state index in [-0.39, 0.29) is 26.1 Å². The van der Waals surface area contributed by atoms with Gasteiger partial charge in [0.2, 0.25) is 0 Å². The molecule has 0 saturated heterocycles. The molecule has 0 fully saturated rings.